The van der Waals surface area contributed by atoms with Gasteiger partial charge in [0.25, 0.3) is 5.56 Å². The molecule has 0 amide bonds. The van der Waals surface area contributed by atoms with Crippen molar-refractivity contribution in [2.45, 2.75) is 30.6 Å². The van der Waals surface area contributed by atoms with Crippen LogP contribution in [0.3, 0.4) is 0 Å². The molecule has 0 bridgehead atoms. The summed E-state index contributed by atoms with van der Waals surface area (Å²) in [4.78, 5) is 29.5. The number of aromatic nitrogens is 5. The summed E-state index contributed by atoms with van der Waals surface area (Å²) in [5.41, 5.74) is 2.99. The first-order valence-electron chi connectivity index (χ1n) is 10.9. The van der Waals surface area contributed by atoms with Crippen LogP contribution in [0.15, 0.2) is 66.5 Å². The van der Waals surface area contributed by atoms with E-state index in [0.29, 0.717) is 54.3 Å². The number of rotatable bonds is 8. The van der Waals surface area contributed by atoms with E-state index in [2.05, 4.69) is 26.8 Å². The van der Waals surface area contributed by atoms with Gasteiger partial charge in [0, 0.05) is 42.3 Å². The largest absolute Gasteiger partial charge is 0.357 e. The molecular weight excluding hydrogens is 450 g/mol. The Balaban J connectivity index is 1.72. The number of nitrogens with one attached hydrogen (secondary N) is 3. The third-order valence-corrected chi connectivity index (χ3v) is 8.32. The van der Waals surface area contributed by atoms with Crippen LogP contribution in [0.25, 0.3) is 22.2 Å². The lowest BCUT2D eigenvalue weighted by molar-refractivity contribution is 0.663. The van der Waals surface area contributed by atoms with E-state index in [-0.39, 0.29) is 5.56 Å². The summed E-state index contributed by atoms with van der Waals surface area (Å²) in [6.07, 6.45) is 12.0. The Morgan fingerprint density at radius 2 is 2.18 bits per heavy atom. The van der Waals surface area contributed by atoms with Crippen LogP contribution >= 0.6 is 0 Å². The number of aromatic amines is 1. The molecule has 3 N–H and O–H groups in total. The summed E-state index contributed by atoms with van der Waals surface area (Å²) in [6, 6.07) is 7.31. The minimum atomic E-state index is -2.89. The van der Waals surface area contributed by atoms with Crippen LogP contribution < -0.4 is 10.9 Å². The Kier molecular flexibility index (Phi) is 5.32. The zero-order valence-electron chi connectivity index (χ0n) is 18.7. The summed E-state index contributed by atoms with van der Waals surface area (Å²) < 4.78 is 22.1. The predicted molar refractivity (Wildman–Crippen MR) is 134 cm³/mol. The molecule has 10 heteroatoms. The van der Waals surface area contributed by atoms with E-state index >= 15 is 0 Å². The van der Waals surface area contributed by atoms with Gasteiger partial charge in [0.1, 0.15) is 5.52 Å². The molecule has 0 unspecified atom stereocenters. The van der Waals surface area contributed by atoms with Gasteiger partial charge in [0.15, 0.2) is 0 Å². The Morgan fingerprint density at radius 3 is 2.85 bits per heavy atom. The first-order valence-corrected chi connectivity index (χ1v) is 12.9. The molecule has 1 aliphatic rings. The lowest BCUT2D eigenvalue weighted by atomic mass is 10.1. The topological polar surface area (TPSA) is 129 Å². The molecule has 4 heterocycles. The molecule has 174 valence electrons. The minimum Gasteiger partial charge on any atom is -0.357 e. The SMILES string of the molecule is C=CCCn1cc(-c2cc(C3([S@](C)(=N)=O)CC3)nc(Nc3cccnc3)n2)c2cc[nH]c2c1=O. The Morgan fingerprint density at radius 1 is 1.35 bits per heavy atom. The van der Waals surface area contributed by atoms with Crippen LogP contribution in [0.2, 0.25) is 0 Å². The maximum absolute atomic E-state index is 12.9. The average Bonchev–Trinajstić information content (AvgIpc) is 3.51. The van der Waals surface area contributed by atoms with E-state index in [4.69, 9.17) is 9.76 Å². The molecule has 9 nitrogen and oxygen atoms in total. The molecule has 0 saturated heterocycles. The fraction of sp³-hybridized carbons (Fsp3) is 0.250. The van der Waals surface area contributed by atoms with Gasteiger partial charge in [-0.05, 0) is 43.5 Å². The van der Waals surface area contributed by atoms with Crippen molar-refractivity contribution in [3.05, 3.63) is 77.8 Å². The van der Waals surface area contributed by atoms with Crippen LogP contribution in [0, 0.1) is 4.78 Å². The number of nitrogens with zero attached hydrogens (tertiary/aromatic N) is 4. The van der Waals surface area contributed by atoms with Gasteiger partial charge in [-0.25, -0.2) is 14.2 Å². The average molecular weight is 476 g/mol. The van der Waals surface area contributed by atoms with Crippen molar-refractivity contribution >= 4 is 32.3 Å². The molecule has 4 aromatic heterocycles. The number of hydrogen-bond donors (Lipinski definition) is 3. The Labute approximate surface area is 197 Å². The van der Waals surface area contributed by atoms with E-state index in [1.54, 1.807) is 41.5 Å². The third-order valence-electron chi connectivity index (χ3n) is 6.21. The summed E-state index contributed by atoms with van der Waals surface area (Å²) >= 11 is 0. The number of fused-ring (bicyclic) bond motifs is 1. The second-order valence-corrected chi connectivity index (χ2v) is 11.0. The van der Waals surface area contributed by atoms with Crippen molar-refractivity contribution in [1.82, 2.24) is 24.5 Å². The van der Waals surface area contributed by atoms with Crippen LogP contribution in [-0.2, 0) is 21.0 Å². The van der Waals surface area contributed by atoms with Gasteiger partial charge >= 0.3 is 0 Å². The number of hydrogen-bond acceptors (Lipinski definition) is 7. The van der Waals surface area contributed by atoms with E-state index in [1.807, 2.05) is 18.2 Å². The van der Waals surface area contributed by atoms with Crippen LogP contribution in [-0.4, -0.2) is 35.0 Å². The van der Waals surface area contributed by atoms with Gasteiger partial charge in [-0.2, -0.15) is 0 Å². The number of H-pyrrole nitrogens is 1. The van der Waals surface area contributed by atoms with Crippen LogP contribution in [0.1, 0.15) is 25.0 Å². The molecule has 5 rings (SSSR count). The highest BCUT2D eigenvalue weighted by Crippen LogP contribution is 2.52. The Hall–Kier alpha value is -3.79. The molecule has 1 fully saturated rings. The highest BCUT2D eigenvalue weighted by Gasteiger charge is 2.53. The van der Waals surface area contributed by atoms with Gasteiger partial charge in [-0.15, -0.1) is 6.58 Å². The van der Waals surface area contributed by atoms with Crippen LogP contribution in [0.5, 0.6) is 0 Å². The second-order valence-electron chi connectivity index (χ2n) is 8.55. The zero-order valence-corrected chi connectivity index (χ0v) is 19.6. The smallest absolute Gasteiger partial charge is 0.274 e. The van der Waals surface area contributed by atoms with Gasteiger partial charge in [-0.3, -0.25) is 14.6 Å². The molecule has 0 aliphatic heterocycles. The molecule has 1 aliphatic carbocycles. The highest BCUT2D eigenvalue weighted by atomic mass is 32.2. The minimum absolute atomic E-state index is 0.116. The number of allylic oxidation sites excluding steroid dienone is 1. The number of pyridine rings is 2. The molecule has 34 heavy (non-hydrogen) atoms. The van der Waals surface area contributed by atoms with Crippen molar-refractivity contribution in [3.63, 3.8) is 0 Å². The van der Waals surface area contributed by atoms with Crippen LogP contribution in [0.4, 0.5) is 11.6 Å². The summed E-state index contributed by atoms with van der Waals surface area (Å²) in [6.45, 7) is 4.24. The van der Waals surface area contributed by atoms with Crippen molar-refractivity contribution < 1.29 is 4.21 Å². The van der Waals surface area contributed by atoms with Gasteiger partial charge in [0.2, 0.25) is 5.95 Å². The first-order chi connectivity index (χ1) is 16.3. The maximum Gasteiger partial charge on any atom is 0.274 e. The fourth-order valence-corrected chi connectivity index (χ4v) is 5.58. The van der Waals surface area contributed by atoms with E-state index < -0.39 is 14.5 Å². The Bertz CT molecular complexity index is 1550. The lowest BCUT2D eigenvalue weighted by Crippen LogP contribution is -2.22. The van der Waals surface area contributed by atoms with Crippen molar-refractivity contribution in [2.24, 2.45) is 0 Å². The van der Waals surface area contributed by atoms with Crippen molar-refractivity contribution in [3.8, 4) is 11.3 Å². The second kappa shape index (κ2) is 8.21. The molecule has 0 aromatic carbocycles. The first kappa shape index (κ1) is 22.0. The molecule has 1 atom stereocenters. The number of aryl methyl sites for hydroxylation is 1. The summed E-state index contributed by atoms with van der Waals surface area (Å²) in [7, 11) is -2.89. The van der Waals surface area contributed by atoms with E-state index in [9.17, 15) is 9.00 Å². The van der Waals surface area contributed by atoms with Gasteiger partial charge < -0.3 is 14.9 Å². The molecule has 0 spiro atoms. The zero-order chi connectivity index (χ0) is 23.9. The maximum atomic E-state index is 12.9. The number of anilines is 2. The highest BCUT2D eigenvalue weighted by molar-refractivity contribution is 7.92. The van der Waals surface area contributed by atoms with Gasteiger partial charge in [0.05, 0.1) is 37.7 Å². The third kappa shape index (κ3) is 3.79. The summed E-state index contributed by atoms with van der Waals surface area (Å²) in [5.74, 6) is 0.322. The van der Waals surface area contributed by atoms with Gasteiger partial charge in [-0.1, -0.05) is 6.08 Å². The molecule has 4 aromatic rings. The normalized spacial score (nSPS) is 16.1. The van der Waals surface area contributed by atoms with Crippen molar-refractivity contribution in [2.75, 3.05) is 11.6 Å². The van der Waals surface area contributed by atoms with Crippen molar-refractivity contribution in [1.29, 1.82) is 4.78 Å². The molecular formula is C24H25N7O2S. The molecule has 0 radical (unpaired) electrons. The quantitative estimate of drug-likeness (QED) is 0.328. The molecule has 1 saturated carbocycles. The standard InChI is InChI=1S/C24H25N7O2S/c1-3-4-12-31-15-18(17-7-11-27-21(17)22(31)32)19-13-20(24(8-9-24)34(2,25)33)30-23(29-19)28-16-6-5-10-26-14-16/h3,5-7,10-11,13-15,25,27H,1,4,8-9,12H2,2H3,(H,28,29,30)/t34-/m1/s1. The van der Waals surface area contributed by atoms with E-state index in [1.165, 1.54) is 6.26 Å². The predicted octanol–water partition coefficient (Wildman–Crippen LogP) is 4.17. The van der Waals surface area contributed by atoms with E-state index in [0.717, 1.165) is 10.9 Å². The fourth-order valence-electron chi connectivity index (χ4n) is 4.20. The monoisotopic (exact) mass is 475 g/mol. The lowest BCUT2D eigenvalue weighted by Gasteiger charge is -2.18. The summed E-state index contributed by atoms with van der Waals surface area (Å²) in [5, 5.41) is 3.92.